The molecule has 0 radical (unpaired) electrons. The van der Waals surface area contributed by atoms with Gasteiger partial charge in [-0.15, -0.1) is 0 Å². The molecule has 0 bridgehead atoms. The molecule has 5 nitrogen and oxygen atoms in total. The molecule has 0 aliphatic carbocycles. The van der Waals surface area contributed by atoms with Gasteiger partial charge < -0.3 is 0 Å². The summed E-state index contributed by atoms with van der Waals surface area (Å²) in [4.78, 5) is 36.1. The van der Waals surface area contributed by atoms with E-state index in [-0.39, 0.29) is 37.2 Å². The molecular weight excluding hydrogens is 256 g/mol. The highest BCUT2D eigenvalue weighted by molar-refractivity contribution is 6.01. The number of hydrogen-bond donors (Lipinski definition) is 1. The van der Waals surface area contributed by atoms with Crippen molar-refractivity contribution in [1.29, 1.82) is 0 Å². The number of amides is 2. The number of hydrogen-bond acceptors (Lipinski definition) is 4. The summed E-state index contributed by atoms with van der Waals surface area (Å²) in [6.07, 6.45) is 2.06. The van der Waals surface area contributed by atoms with Gasteiger partial charge in [-0.2, -0.15) is 0 Å². The molecule has 0 unspecified atom stereocenters. The van der Waals surface area contributed by atoms with E-state index < -0.39 is 0 Å². The monoisotopic (exact) mass is 274 g/mol. The van der Waals surface area contributed by atoms with Crippen LogP contribution < -0.4 is 5.32 Å². The van der Waals surface area contributed by atoms with Crippen molar-refractivity contribution >= 4 is 17.6 Å². The van der Waals surface area contributed by atoms with Gasteiger partial charge in [0, 0.05) is 5.56 Å². The van der Waals surface area contributed by atoms with Crippen molar-refractivity contribution in [3.63, 3.8) is 0 Å². The van der Waals surface area contributed by atoms with Crippen molar-refractivity contribution in [3.8, 4) is 0 Å². The van der Waals surface area contributed by atoms with Crippen molar-refractivity contribution in [1.82, 2.24) is 10.2 Å². The van der Waals surface area contributed by atoms with Gasteiger partial charge in [-0.1, -0.05) is 37.6 Å². The lowest BCUT2D eigenvalue weighted by Crippen LogP contribution is -2.52. The van der Waals surface area contributed by atoms with Crippen molar-refractivity contribution in [3.05, 3.63) is 35.4 Å². The first-order chi connectivity index (χ1) is 9.58. The number of rotatable bonds is 5. The molecule has 1 aromatic carbocycles. The minimum atomic E-state index is -0.354. The van der Waals surface area contributed by atoms with Gasteiger partial charge in [-0.25, -0.2) is 0 Å². The zero-order valence-electron chi connectivity index (χ0n) is 11.5. The second-order valence-corrected chi connectivity index (χ2v) is 4.99. The van der Waals surface area contributed by atoms with Gasteiger partial charge in [0.1, 0.15) is 0 Å². The molecule has 0 spiro atoms. The first-order valence-corrected chi connectivity index (χ1v) is 6.75. The van der Waals surface area contributed by atoms with Gasteiger partial charge in [0.15, 0.2) is 5.78 Å². The van der Waals surface area contributed by atoms with E-state index in [1.807, 2.05) is 12.1 Å². The lowest BCUT2D eigenvalue weighted by Gasteiger charge is -2.24. The second kappa shape index (κ2) is 6.43. The fourth-order valence-electron chi connectivity index (χ4n) is 2.25. The van der Waals surface area contributed by atoms with Gasteiger partial charge in [0.05, 0.1) is 19.6 Å². The molecule has 2 rings (SSSR count). The minimum absolute atomic E-state index is 0.0736. The van der Waals surface area contributed by atoms with E-state index in [2.05, 4.69) is 12.2 Å². The molecule has 20 heavy (non-hydrogen) atoms. The standard InChI is InChI=1S/C15H18N2O3/c1-2-3-11-4-6-12(7-5-11)13(18)8-17-9-14(19)16-15(20)10-17/h4-7H,2-3,8-10H2,1H3,(H,16,19,20). The van der Waals surface area contributed by atoms with Crippen molar-refractivity contribution in [2.45, 2.75) is 19.8 Å². The molecule has 1 aromatic rings. The predicted molar refractivity (Wildman–Crippen MR) is 74.4 cm³/mol. The van der Waals surface area contributed by atoms with E-state index in [1.54, 1.807) is 17.0 Å². The Labute approximate surface area is 118 Å². The minimum Gasteiger partial charge on any atom is -0.294 e. The van der Waals surface area contributed by atoms with E-state index in [0.717, 1.165) is 12.8 Å². The third-order valence-electron chi connectivity index (χ3n) is 3.20. The largest absolute Gasteiger partial charge is 0.294 e. The molecule has 5 heteroatoms. The molecule has 106 valence electrons. The number of imide groups is 1. The summed E-state index contributed by atoms with van der Waals surface area (Å²) in [6, 6.07) is 7.51. The molecule has 0 aromatic heterocycles. The number of carbonyl (C=O) groups is 3. The molecule has 0 atom stereocenters. The van der Waals surface area contributed by atoms with Crippen LogP contribution in [0.25, 0.3) is 0 Å². The summed E-state index contributed by atoms with van der Waals surface area (Å²) in [5.74, 6) is -0.782. The number of benzene rings is 1. The second-order valence-electron chi connectivity index (χ2n) is 4.99. The molecule has 2 amide bonds. The maximum atomic E-state index is 12.1. The molecule has 1 heterocycles. The van der Waals surface area contributed by atoms with Crippen LogP contribution in [0.1, 0.15) is 29.3 Å². The molecule has 0 saturated carbocycles. The van der Waals surface area contributed by atoms with Crippen molar-refractivity contribution < 1.29 is 14.4 Å². The maximum Gasteiger partial charge on any atom is 0.240 e. The molecule has 1 saturated heterocycles. The Bertz CT molecular complexity index is 506. The van der Waals surface area contributed by atoms with Gasteiger partial charge in [-0.3, -0.25) is 24.6 Å². The number of ketones is 1. The van der Waals surface area contributed by atoms with Crippen LogP contribution in [0.5, 0.6) is 0 Å². The van der Waals surface area contributed by atoms with Crippen LogP contribution in [0.4, 0.5) is 0 Å². The number of nitrogens with one attached hydrogen (secondary N) is 1. The summed E-state index contributed by atoms with van der Waals surface area (Å²) in [5.41, 5.74) is 1.82. The lowest BCUT2D eigenvalue weighted by atomic mass is 10.0. The van der Waals surface area contributed by atoms with Crippen LogP contribution in [0.3, 0.4) is 0 Å². The van der Waals surface area contributed by atoms with Gasteiger partial charge in [-0.05, 0) is 12.0 Å². The highest BCUT2D eigenvalue weighted by Gasteiger charge is 2.24. The van der Waals surface area contributed by atoms with Crippen molar-refractivity contribution in [2.24, 2.45) is 0 Å². The van der Waals surface area contributed by atoms with Crippen LogP contribution in [0, 0.1) is 0 Å². The third kappa shape index (κ3) is 3.74. The molecule has 1 aliphatic heterocycles. The van der Waals surface area contributed by atoms with E-state index in [1.165, 1.54) is 5.56 Å². The fraction of sp³-hybridized carbons (Fsp3) is 0.400. The Hall–Kier alpha value is -2.01. The molecule has 1 aliphatic rings. The Morgan fingerprint density at radius 3 is 2.30 bits per heavy atom. The van der Waals surface area contributed by atoms with E-state index in [4.69, 9.17) is 0 Å². The fourth-order valence-corrected chi connectivity index (χ4v) is 2.25. The summed E-state index contributed by atoms with van der Waals surface area (Å²) in [5, 5.41) is 2.21. The number of aryl methyl sites for hydroxylation is 1. The number of nitrogens with zero attached hydrogens (tertiary/aromatic N) is 1. The summed E-state index contributed by atoms with van der Waals surface area (Å²) < 4.78 is 0. The Morgan fingerprint density at radius 2 is 1.75 bits per heavy atom. The average molecular weight is 274 g/mol. The van der Waals surface area contributed by atoms with Crippen LogP contribution in [0.2, 0.25) is 0 Å². The zero-order valence-corrected chi connectivity index (χ0v) is 11.5. The highest BCUT2D eigenvalue weighted by Crippen LogP contribution is 2.08. The molecular formula is C15H18N2O3. The van der Waals surface area contributed by atoms with Crippen LogP contribution in [-0.4, -0.2) is 42.1 Å². The normalized spacial score (nSPS) is 16.1. The highest BCUT2D eigenvalue weighted by atomic mass is 16.2. The maximum absolute atomic E-state index is 12.1. The first-order valence-electron chi connectivity index (χ1n) is 6.75. The Balaban J connectivity index is 1.97. The van der Waals surface area contributed by atoms with Gasteiger partial charge >= 0.3 is 0 Å². The topological polar surface area (TPSA) is 66.5 Å². The van der Waals surface area contributed by atoms with Gasteiger partial charge in [0.25, 0.3) is 0 Å². The quantitative estimate of drug-likeness (QED) is 0.636. The summed E-state index contributed by atoms with van der Waals surface area (Å²) >= 11 is 0. The SMILES string of the molecule is CCCc1ccc(C(=O)CN2CC(=O)NC(=O)C2)cc1. The number of piperazine rings is 1. The Kier molecular flexibility index (Phi) is 4.63. The Morgan fingerprint density at radius 1 is 1.15 bits per heavy atom. The van der Waals surface area contributed by atoms with Crippen LogP contribution in [-0.2, 0) is 16.0 Å². The average Bonchev–Trinajstić information content (AvgIpc) is 2.38. The lowest BCUT2D eigenvalue weighted by molar-refractivity contribution is -0.135. The number of carbonyl (C=O) groups excluding carboxylic acids is 3. The van der Waals surface area contributed by atoms with Crippen molar-refractivity contribution in [2.75, 3.05) is 19.6 Å². The van der Waals surface area contributed by atoms with E-state index in [9.17, 15) is 14.4 Å². The summed E-state index contributed by atoms with van der Waals surface area (Å²) in [6.45, 7) is 2.38. The van der Waals surface area contributed by atoms with E-state index >= 15 is 0 Å². The summed E-state index contributed by atoms with van der Waals surface area (Å²) in [7, 11) is 0. The van der Waals surface area contributed by atoms with E-state index in [0.29, 0.717) is 5.56 Å². The molecule has 1 fully saturated rings. The zero-order chi connectivity index (χ0) is 14.5. The van der Waals surface area contributed by atoms with Gasteiger partial charge in [0.2, 0.25) is 11.8 Å². The van der Waals surface area contributed by atoms with Crippen LogP contribution in [0.15, 0.2) is 24.3 Å². The predicted octanol–water partition coefficient (Wildman–Crippen LogP) is 0.780. The van der Waals surface area contributed by atoms with Crippen LogP contribution >= 0.6 is 0 Å². The third-order valence-corrected chi connectivity index (χ3v) is 3.20. The molecule has 1 N–H and O–H groups in total. The number of Topliss-reactive ketones (excluding diaryl/α,β-unsaturated/α-hetero) is 1. The smallest absolute Gasteiger partial charge is 0.240 e. The first kappa shape index (κ1) is 14.4.